The fraction of sp³-hybridized carbons (Fsp3) is 0.478. The zero-order chi connectivity index (χ0) is 21.3. The lowest BCUT2D eigenvalue weighted by molar-refractivity contribution is 0.214. The van der Waals surface area contributed by atoms with Gasteiger partial charge in [-0.05, 0) is 49.4 Å². The molecule has 1 aliphatic heterocycles. The Labute approximate surface area is 201 Å². The number of benzene rings is 1. The molecule has 6 nitrogen and oxygen atoms in total. The summed E-state index contributed by atoms with van der Waals surface area (Å²) in [5, 5.41) is 6.49. The van der Waals surface area contributed by atoms with E-state index >= 15 is 0 Å². The van der Waals surface area contributed by atoms with Gasteiger partial charge in [-0.3, -0.25) is 4.99 Å². The van der Waals surface area contributed by atoms with Crippen molar-refractivity contribution in [3.05, 3.63) is 54.0 Å². The molecule has 0 spiro atoms. The molecule has 31 heavy (non-hydrogen) atoms. The molecule has 1 saturated heterocycles. The van der Waals surface area contributed by atoms with Crippen molar-refractivity contribution in [2.24, 2.45) is 10.9 Å². The highest BCUT2D eigenvalue weighted by Gasteiger charge is 2.16. The summed E-state index contributed by atoms with van der Waals surface area (Å²) in [6.45, 7) is 7.47. The number of piperidine rings is 1. The average molecular weight is 541 g/mol. The van der Waals surface area contributed by atoms with E-state index in [4.69, 9.17) is 4.74 Å². The molecule has 0 radical (unpaired) electrons. The van der Waals surface area contributed by atoms with E-state index in [0.717, 1.165) is 30.4 Å². The van der Waals surface area contributed by atoms with Crippen LogP contribution in [-0.4, -0.2) is 43.7 Å². The smallest absolute Gasteiger partial charge is 0.191 e. The largest absolute Gasteiger partial charge is 0.486 e. The number of nitrogens with one attached hydrogen (secondary N) is 2. The normalized spacial score (nSPS) is 15.7. The van der Waals surface area contributed by atoms with E-state index in [9.17, 15) is 4.39 Å². The van der Waals surface area contributed by atoms with Crippen LogP contribution >= 0.6 is 24.0 Å². The zero-order valence-electron chi connectivity index (χ0n) is 18.5. The van der Waals surface area contributed by atoms with Crippen molar-refractivity contribution in [2.75, 3.05) is 31.6 Å². The quantitative estimate of drug-likeness (QED) is 0.313. The van der Waals surface area contributed by atoms with Crippen molar-refractivity contribution in [2.45, 2.75) is 39.3 Å². The van der Waals surface area contributed by atoms with Crippen molar-refractivity contribution < 1.29 is 9.13 Å². The summed E-state index contributed by atoms with van der Waals surface area (Å²) in [4.78, 5) is 11.2. The number of para-hydroxylation sites is 1. The van der Waals surface area contributed by atoms with Gasteiger partial charge in [0, 0.05) is 32.9 Å². The van der Waals surface area contributed by atoms with E-state index in [2.05, 4.69) is 44.6 Å². The minimum Gasteiger partial charge on any atom is -0.486 e. The van der Waals surface area contributed by atoms with Crippen LogP contribution in [0.15, 0.2) is 47.6 Å². The summed E-state index contributed by atoms with van der Waals surface area (Å²) in [7, 11) is 1.72. The third-order valence-corrected chi connectivity index (χ3v) is 5.32. The number of anilines is 1. The number of rotatable bonds is 7. The molecule has 2 heterocycles. The third kappa shape index (κ3) is 7.83. The summed E-state index contributed by atoms with van der Waals surface area (Å²) in [6, 6.07) is 10.6. The van der Waals surface area contributed by atoms with E-state index in [1.54, 1.807) is 25.2 Å². The van der Waals surface area contributed by atoms with Gasteiger partial charge >= 0.3 is 0 Å². The lowest BCUT2D eigenvalue weighted by atomic mass is 9.99. The van der Waals surface area contributed by atoms with Crippen LogP contribution < -0.4 is 20.3 Å². The van der Waals surface area contributed by atoms with Gasteiger partial charge in [-0.2, -0.15) is 0 Å². The standard InChI is InChI=1S/C23H32FN5O.HI/c1-17-10-12-29(13-11-17)22-9-8-19(15-26-22)16-28-23(25-3)27-14-18(2)30-21-7-5-4-6-20(21)24;/h4-9,15,17-18H,10-14,16H2,1-3H3,(H2,25,27,28);1H. The molecule has 2 aromatic rings. The molecule has 1 aromatic heterocycles. The lowest BCUT2D eigenvalue weighted by Gasteiger charge is -2.31. The summed E-state index contributed by atoms with van der Waals surface area (Å²) in [6.07, 6.45) is 4.16. The number of guanidine groups is 1. The number of aliphatic imine (C=N–C) groups is 1. The molecule has 8 heteroatoms. The van der Waals surface area contributed by atoms with Crippen molar-refractivity contribution >= 4 is 35.8 Å². The molecule has 1 aromatic carbocycles. The second-order valence-electron chi connectivity index (χ2n) is 7.86. The minimum atomic E-state index is -0.359. The van der Waals surface area contributed by atoms with Crippen LogP contribution in [0.5, 0.6) is 5.75 Å². The number of hydrogen-bond donors (Lipinski definition) is 2. The van der Waals surface area contributed by atoms with Gasteiger partial charge in [-0.1, -0.05) is 25.1 Å². The van der Waals surface area contributed by atoms with Gasteiger partial charge < -0.3 is 20.3 Å². The Morgan fingerprint density at radius 2 is 1.97 bits per heavy atom. The third-order valence-electron chi connectivity index (χ3n) is 5.32. The molecular weight excluding hydrogens is 508 g/mol. The van der Waals surface area contributed by atoms with Crippen LogP contribution in [0.2, 0.25) is 0 Å². The molecule has 1 unspecified atom stereocenters. The predicted molar refractivity (Wildman–Crippen MR) is 135 cm³/mol. The first-order valence-corrected chi connectivity index (χ1v) is 10.6. The highest BCUT2D eigenvalue weighted by molar-refractivity contribution is 14.0. The van der Waals surface area contributed by atoms with E-state index in [-0.39, 0.29) is 41.6 Å². The predicted octanol–water partition coefficient (Wildman–Crippen LogP) is 4.21. The monoisotopic (exact) mass is 541 g/mol. The van der Waals surface area contributed by atoms with Crippen LogP contribution in [0.1, 0.15) is 32.3 Å². The molecule has 170 valence electrons. The maximum Gasteiger partial charge on any atom is 0.191 e. The molecule has 1 fully saturated rings. The number of hydrogen-bond acceptors (Lipinski definition) is 4. The number of nitrogens with zero attached hydrogens (tertiary/aromatic N) is 3. The zero-order valence-corrected chi connectivity index (χ0v) is 20.8. The molecule has 1 aliphatic rings. The minimum absolute atomic E-state index is 0. The van der Waals surface area contributed by atoms with Gasteiger partial charge in [0.05, 0.1) is 6.54 Å². The van der Waals surface area contributed by atoms with Gasteiger partial charge in [-0.15, -0.1) is 24.0 Å². The molecule has 0 amide bonds. The van der Waals surface area contributed by atoms with E-state index in [1.165, 1.54) is 18.9 Å². The summed E-state index contributed by atoms with van der Waals surface area (Å²) in [5.41, 5.74) is 1.09. The van der Waals surface area contributed by atoms with Crippen LogP contribution in [0.4, 0.5) is 10.2 Å². The lowest BCUT2D eigenvalue weighted by Crippen LogP contribution is -2.41. The Morgan fingerprint density at radius 3 is 2.61 bits per heavy atom. The van der Waals surface area contributed by atoms with Crippen LogP contribution in [-0.2, 0) is 6.54 Å². The van der Waals surface area contributed by atoms with Crippen molar-refractivity contribution in [3.63, 3.8) is 0 Å². The van der Waals surface area contributed by atoms with E-state index < -0.39 is 0 Å². The van der Waals surface area contributed by atoms with Crippen molar-refractivity contribution in [3.8, 4) is 5.75 Å². The number of pyridine rings is 1. The molecular formula is C23H33FIN5O. The first kappa shape index (κ1) is 25.2. The molecule has 0 aliphatic carbocycles. The van der Waals surface area contributed by atoms with Gasteiger partial charge in [0.15, 0.2) is 17.5 Å². The number of aromatic nitrogens is 1. The topological polar surface area (TPSA) is 61.8 Å². The first-order chi connectivity index (χ1) is 14.5. The molecule has 0 saturated carbocycles. The highest BCUT2D eigenvalue weighted by Crippen LogP contribution is 2.21. The summed E-state index contributed by atoms with van der Waals surface area (Å²) in [5.74, 6) is 2.41. The average Bonchev–Trinajstić information content (AvgIpc) is 2.76. The van der Waals surface area contributed by atoms with Gasteiger partial charge in [0.1, 0.15) is 11.9 Å². The molecule has 0 bridgehead atoms. The van der Waals surface area contributed by atoms with Crippen LogP contribution in [0, 0.1) is 11.7 Å². The van der Waals surface area contributed by atoms with E-state index in [1.807, 2.05) is 13.1 Å². The Morgan fingerprint density at radius 1 is 1.23 bits per heavy atom. The molecule has 1 atom stereocenters. The van der Waals surface area contributed by atoms with Crippen molar-refractivity contribution in [1.29, 1.82) is 0 Å². The van der Waals surface area contributed by atoms with E-state index in [0.29, 0.717) is 19.0 Å². The van der Waals surface area contributed by atoms with Gasteiger partial charge in [0.2, 0.25) is 0 Å². The summed E-state index contributed by atoms with van der Waals surface area (Å²) >= 11 is 0. The van der Waals surface area contributed by atoms with Gasteiger partial charge in [-0.25, -0.2) is 9.37 Å². The van der Waals surface area contributed by atoms with Crippen LogP contribution in [0.3, 0.4) is 0 Å². The Hall–Kier alpha value is -2.10. The highest BCUT2D eigenvalue weighted by atomic mass is 127. The molecule has 2 N–H and O–H groups in total. The Kier molecular flexibility index (Phi) is 10.3. The second kappa shape index (κ2) is 12.7. The van der Waals surface area contributed by atoms with Crippen LogP contribution in [0.25, 0.3) is 0 Å². The first-order valence-electron chi connectivity index (χ1n) is 10.6. The van der Waals surface area contributed by atoms with Gasteiger partial charge in [0.25, 0.3) is 0 Å². The SMILES string of the molecule is CN=C(NCc1ccc(N2CCC(C)CC2)nc1)NCC(C)Oc1ccccc1F.I. The fourth-order valence-electron chi connectivity index (χ4n) is 3.39. The Bertz CT molecular complexity index is 825. The summed E-state index contributed by atoms with van der Waals surface area (Å²) < 4.78 is 19.3. The number of ether oxygens (including phenoxy) is 1. The fourth-order valence-corrected chi connectivity index (χ4v) is 3.39. The Balaban J connectivity index is 0.00000341. The maximum absolute atomic E-state index is 13.7. The second-order valence-corrected chi connectivity index (χ2v) is 7.86. The number of halogens is 2. The molecule has 3 rings (SSSR count). The van der Waals surface area contributed by atoms with Crippen molar-refractivity contribution in [1.82, 2.24) is 15.6 Å². The maximum atomic E-state index is 13.7.